The van der Waals surface area contributed by atoms with Crippen molar-refractivity contribution in [1.29, 1.82) is 0 Å². The van der Waals surface area contributed by atoms with E-state index < -0.39 is 0 Å². The highest BCUT2D eigenvalue weighted by Crippen LogP contribution is 2.47. The van der Waals surface area contributed by atoms with Crippen LogP contribution in [0.25, 0.3) is 0 Å². The molecular weight excluding hydrogens is 172 g/mol. The molecule has 2 rings (SSSR count). The van der Waals surface area contributed by atoms with E-state index in [-0.39, 0.29) is 0 Å². The third kappa shape index (κ3) is 1.63. The zero-order chi connectivity index (χ0) is 9.97. The number of nitrogens with one attached hydrogen (secondary N) is 1. The van der Waals surface area contributed by atoms with Gasteiger partial charge in [-0.15, -0.1) is 0 Å². The maximum absolute atomic E-state index is 4.42. The predicted octanol–water partition coefficient (Wildman–Crippen LogP) is 1.73. The summed E-state index contributed by atoms with van der Waals surface area (Å²) in [5, 5.41) is 3.32. The largest absolute Gasteiger partial charge is 0.319 e. The normalized spacial score (nSPS) is 40.1. The minimum absolute atomic E-state index is 0.786. The Morgan fingerprint density at radius 2 is 2.07 bits per heavy atom. The summed E-state index contributed by atoms with van der Waals surface area (Å²) in [6.07, 6.45) is 8.13. The summed E-state index contributed by atoms with van der Waals surface area (Å²) in [5.41, 5.74) is 0. The molecule has 0 aromatic carbocycles. The maximum Gasteiger partial charge on any atom is 0.0422 e. The second-order valence-electron chi connectivity index (χ2n) is 4.46. The van der Waals surface area contributed by atoms with E-state index in [1.165, 1.54) is 6.42 Å². The fraction of sp³-hybridized carbons (Fsp3) is 0.750. The van der Waals surface area contributed by atoms with Gasteiger partial charge in [0.25, 0.3) is 0 Å². The van der Waals surface area contributed by atoms with Gasteiger partial charge in [0, 0.05) is 6.54 Å². The highest BCUT2D eigenvalue weighted by molar-refractivity contribution is 5.53. The van der Waals surface area contributed by atoms with Gasteiger partial charge >= 0.3 is 0 Å². The van der Waals surface area contributed by atoms with E-state index >= 15 is 0 Å². The molecule has 2 heteroatoms. The Hall–Kier alpha value is -0.630. The lowest BCUT2D eigenvalue weighted by atomic mass is 9.83. The van der Waals surface area contributed by atoms with Gasteiger partial charge in [0.15, 0.2) is 0 Å². The van der Waals surface area contributed by atoms with Crippen LogP contribution in [-0.2, 0) is 0 Å². The fourth-order valence-corrected chi connectivity index (χ4v) is 3.06. The SMILES string of the molecule is CC=NCC1C2C=CC(C2)C1CNC. The Morgan fingerprint density at radius 1 is 1.36 bits per heavy atom. The Kier molecular flexibility index (Phi) is 3.02. The zero-order valence-electron chi connectivity index (χ0n) is 9.11. The van der Waals surface area contributed by atoms with Crippen molar-refractivity contribution >= 4 is 6.21 Å². The summed E-state index contributed by atoms with van der Waals surface area (Å²) >= 11 is 0. The van der Waals surface area contributed by atoms with Crippen LogP contribution < -0.4 is 5.32 Å². The molecule has 2 aliphatic rings. The second kappa shape index (κ2) is 4.26. The molecule has 0 aromatic heterocycles. The average Bonchev–Trinajstić information content (AvgIpc) is 2.76. The molecule has 4 atom stereocenters. The molecule has 1 saturated carbocycles. The molecule has 0 spiro atoms. The van der Waals surface area contributed by atoms with E-state index in [2.05, 4.69) is 29.5 Å². The molecule has 0 aromatic rings. The fourth-order valence-electron chi connectivity index (χ4n) is 3.06. The lowest BCUT2D eigenvalue weighted by molar-refractivity contribution is 0.311. The number of hydrogen-bond acceptors (Lipinski definition) is 2. The Morgan fingerprint density at radius 3 is 2.71 bits per heavy atom. The van der Waals surface area contributed by atoms with E-state index in [0.29, 0.717) is 0 Å². The van der Waals surface area contributed by atoms with Crippen LogP contribution in [0.15, 0.2) is 17.1 Å². The van der Waals surface area contributed by atoms with E-state index in [1.807, 2.05) is 13.1 Å². The van der Waals surface area contributed by atoms with Crippen molar-refractivity contribution in [2.75, 3.05) is 20.1 Å². The Balaban J connectivity index is 2.02. The van der Waals surface area contributed by atoms with Crippen molar-refractivity contribution in [2.24, 2.45) is 28.7 Å². The summed E-state index contributed by atoms with van der Waals surface area (Å²) in [4.78, 5) is 4.42. The van der Waals surface area contributed by atoms with Gasteiger partial charge in [-0.05, 0) is 56.8 Å². The molecule has 14 heavy (non-hydrogen) atoms. The summed E-state index contributed by atoms with van der Waals surface area (Å²) in [6.45, 7) is 4.18. The van der Waals surface area contributed by atoms with E-state index in [1.54, 1.807) is 0 Å². The minimum atomic E-state index is 0.786. The van der Waals surface area contributed by atoms with Gasteiger partial charge in [0.05, 0.1) is 0 Å². The van der Waals surface area contributed by atoms with Gasteiger partial charge in [-0.2, -0.15) is 0 Å². The molecule has 0 saturated heterocycles. The molecule has 2 nitrogen and oxygen atoms in total. The molecule has 1 fully saturated rings. The van der Waals surface area contributed by atoms with Gasteiger partial charge in [-0.3, -0.25) is 4.99 Å². The molecule has 78 valence electrons. The second-order valence-corrected chi connectivity index (χ2v) is 4.46. The molecule has 1 N–H and O–H groups in total. The first-order chi connectivity index (χ1) is 6.86. The molecule has 0 radical (unpaired) electrons. The summed E-state index contributed by atoms with van der Waals surface area (Å²) in [7, 11) is 2.05. The molecule has 0 heterocycles. The van der Waals surface area contributed by atoms with E-state index in [9.17, 15) is 0 Å². The average molecular weight is 192 g/mol. The van der Waals surface area contributed by atoms with Crippen LogP contribution in [0.4, 0.5) is 0 Å². The lowest BCUT2D eigenvalue weighted by Gasteiger charge is -2.26. The van der Waals surface area contributed by atoms with Crippen LogP contribution in [0.3, 0.4) is 0 Å². The zero-order valence-corrected chi connectivity index (χ0v) is 9.11. The van der Waals surface area contributed by atoms with Gasteiger partial charge in [-0.1, -0.05) is 12.2 Å². The van der Waals surface area contributed by atoms with E-state index in [0.717, 1.165) is 36.8 Å². The number of hydrogen-bond donors (Lipinski definition) is 1. The van der Waals surface area contributed by atoms with Crippen LogP contribution in [0.1, 0.15) is 13.3 Å². The first-order valence-electron chi connectivity index (χ1n) is 5.64. The number of fused-ring (bicyclic) bond motifs is 2. The number of allylic oxidation sites excluding steroid dienone is 2. The summed E-state index contributed by atoms with van der Waals surface area (Å²) < 4.78 is 0. The van der Waals surface area contributed by atoms with Crippen molar-refractivity contribution in [3.8, 4) is 0 Å². The molecule has 0 amide bonds. The van der Waals surface area contributed by atoms with Crippen LogP contribution in [-0.4, -0.2) is 26.4 Å². The minimum Gasteiger partial charge on any atom is -0.319 e. The lowest BCUT2D eigenvalue weighted by Crippen LogP contribution is -2.30. The topological polar surface area (TPSA) is 24.4 Å². The third-order valence-corrected chi connectivity index (χ3v) is 3.74. The van der Waals surface area contributed by atoms with Crippen LogP contribution >= 0.6 is 0 Å². The smallest absolute Gasteiger partial charge is 0.0422 e. The van der Waals surface area contributed by atoms with Crippen molar-refractivity contribution in [1.82, 2.24) is 5.32 Å². The van der Waals surface area contributed by atoms with Gasteiger partial charge in [-0.25, -0.2) is 0 Å². The highest BCUT2D eigenvalue weighted by atomic mass is 14.8. The van der Waals surface area contributed by atoms with Crippen molar-refractivity contribution < 1.29 is 0 Å². The summed E-state index contributed by atoms with van der Waals surface area (Å²) in [5.74, 6) is 3.24. The van der Waals surface area contributed by atoms with Crippen LogP contribution in [0.5, 0.6) is 0 Å². The van der Waals surface area contributed by atoms with Gasteiger partial charge in [0.2, 0.25) is 0 Å². The van der Waals surface area contributed by atoms with Crippen LogP contribution in [0.2, 0.25) is 0 Å². The monoisotopic (exact) mass is 192 g/mol. The molecule has 4 unspecified atom stereocenters. The van der Waals surface area contributed by atoms with Gasteiger partial charge < -0.3 is 5.32 Å². The Labute approximate surface area is 86.5 Å². The molecule has 2 aliphatic carbocycles. The van der Waals surface area contributed by atoms with Crippen molar-refractivity contribution in [3.05, 3.63) is 12.2 Å². The molecular formula is C12H20N2. The molecule has 2 bridgehead atoms. The third-order valence-electron chi connectivity index (χ3n) is 3.74. The van der Waals surface area contributed by atoms with Crippen molar-refractivity contribution in [2.45, 2.75) is 13.3 Å². The highest BCUT2D eigenvalue weighted by Gasteiger charge is 2.43. The maximum atomic E-state index is 4.42. The number of aliphatic imine (C=N–C) groups is 1. The van der Waals surface area contributed by atoms with E-state index in [4.69, 9.17) is 0 Å². The number of rotatable bonds is 4. The summed E-state index contributed by atoms with van der Waals surface area (Å²) in [6, 6.07) is 0. The van der Waals surface area contributed by atoms with Gasteiger partial charge in [0.1, 0.15) is 0 Å². The first kappa shape index (κ1) is 9.91. The molecule has 0 aliphatic heterocycles. The number of nitrogens with zero attached hydrogens (tertiary/aromatic N) is 1. The predicted molar refractivity (Wildman–Crippen MR) is 60.7 cm³/mol. The standard InChI is InChI=1S/C12H20N2/c1-3-14-8-12-10-5-4-9(6-10)11(12)7-13-2/h3-5,9-13H,6-8H2,1-2H3. The van der Waals surface area contributed by atoms with Crippen molar-refractivity contribution in [3.63, 3.8) is 0 Å². The first-order valence-corrected chi connectivity index (χ1v) is 5.64. The van der Waals surface area contributed by atoms with Crippen LogP contribution in [0, 0.1) is 23.7 Å². The Bertz CT molecular complexity index is 245. The quantitative estimate of drug-likeness (QED) is 0.532.